The highest BCUT2D eigenvalue weighted by atomic mass is 19.1. The van der Waals surface area contributed by atoms with Crippen LogP contribution < -0.4 is 15.5 Å². The molecule has 0 aromatic carbocycles. The van der Waals surface area contributed by atoms with Crippen molar-refractivity contribution in [1.29, 1.82) is 0 Å². The molecule has 0 spiro atoms. The highest BCUT2D eigenvalue weighted by Crippen LogP contribution is 2.36. The standard InChI is InChI=1S/C22H22F3N7O2/c1-11-16-18-17(28-20(11)33)15(23)12(10-32(18)22(25)29-16)9-30-5-7-31(8-6-30)14-4-3-13(21(34)26-2)27-19(14)24/h3-4,10-11H,5-9H2,1-2H3,(H,26,34)(H,28,33)/t11-/m0/s1. The van der Waals surface area contributed by atoms with E-state index in [1.165, 1.54) is 29.8 Å². The average molecular weight is 473 g/mol. The Hall–Kier alpha value is -3.67. The highest BCUT2D eigenvalue weighted by Gasteiger charge is 2.33. The maximum Gasteiger partial charge on any atom is 0.294 e. The molecule has 0 saturated carbocycles. The Labute approximate surface area is 192 Å². The van der Waals surface area contributed by atoms with E-state index in [9.17, 15) is 18.4 Å². The van der Waals surface area contributed by atoms with Crippen LogP contribution in [0.15, 0.2) is 18.3 Å². The van der Waals surface area contributed by atoms with E-state index >= 15 is 4.39 Å². The van der Waals surface area contributed by atoms with E-state index in [1.807, 2.05) is 4.90 Å². The number of aromatic nitrogens is 3. The van der Waals surface area contributed by atoms with Crippen LogP contribution in [0.3, 0.4) is 0 Å². The quantitative estimate of drug-likeness (QED) is 0.562. The molecule has 0 radical (unpaired) electrons. The third-order valence-electron chi connectivity index (χ3n) is 6.37. The molecule has 5 heterocycles. The molecule has 3 aromatic rings. The molecule has 0 aliphatic carbocycles. The van der Waals surface area contributed by atoms with Gasteiger partial charge >= 0.3 is 0 Å². The van der Waals surface area contributed by atoms with Crippen molar-refractivity contribution in [2.24, 2.45) is 0 Å². The van der Waals surface area contributed by atoms with Gasteiger partial charge in [-0.2, -0.15) is 8.78 Å². The zero-order valence-electron chi connectivity index (χ0n) is 18.5. The van der Waals surface area contributed by atoms with Gasteiger partial charge in [-0.1, -0.05) is 0 Å². The van der Waals surface area contributed by atoms with Crippen molar-refractivity contribution in [1.82, 2.24) is 24.6 Å². The molecule has 0 unspecified atom stereocenters. The number of carbonyl (C=O) groups is 2. The van der Waals surface area contributed by atoms with Gasteiger partial charge < -0.3 is 15.5 Å². The van der Waals surface area contributed by atoms with Gasteiger partial charge in [-0.3, -0.25) is 18.9 Å². The van der Waals surface area contributed by atoms with Crippen LogP contribution in [0.1, 0.15) is 34.6 Å². The van der Waals surface area contributed by atoms with Gasteiger partial charge in [0.1, 0.15) is 11.4 Å². The molecule has 3 aromatic heterocycles. The fourth-order valence-corrected chi connectivity index (χ4v) is 4.45. The molecule has 2 amide bonds. The van der Waals surface area contributed by atoms with Crippen LogP contribution in [0.5, 0.6) is 0 Å². The molecule has 5 rings (SSSR count). The van der Waals surface area contributed by atoms with Crippen molar-refractivity contribution in [3.8, 4) is 0 Å². The van der Waals surface area contributed by atoms with E-state index in [2.05, 4.69) is 20.6 Å². The lowest BCUT2D eigenvalue weighted by atomic mass is 10.0. The fraction of sp³-hybridized carbons (Fsp3) is 0.364. The first-order valence-corrected chi connectivity index (χ1v) is 10.8. The SMILES string of the molecule is CNC(=O)c1ccc(N2CCN(Cc3cn4c(F)nc5c4c(c3F)NC(=O)[C@H]5C)CC2)c(F)n1. The number of carbonyl (C=O) groups excluding carboxylic acids is 2. The Morgan fingerprint density at radius 2 is 1.91 bits per heavy atom. The average Bonchev–Trinajstić information content (AvgIpc) is 3.16. The Balaban J connectivity index is 1.33. The number of anilines is 2. The lowest BCUT2D eigenvalue weighted by Gasteiger charge is -2.36. The third-order valence-corrected chi connectivity index (χ3v) is 6.37. The molecule has 0 bridgehead atoms. The number of piperazine rings is 1. The van der Waals surface area contributed by atoms with E-state index in [4.69, 9.17) is 0 Å². The summed E-state index contributed by atoms with van der Waals surface area (Å²) in [6, 6.07) is 2.98. The Bertz CT molecular complexity index is 1320. The number of rotatable bonds is 4. The van der Waals surface area contributed by atoms with Crippen LogP contribution in [0, 0.1) is 17.8 Å². The molecular formula is C22H22F3N7O2. The lowest BCUT2D eigenvalue weighted by Crippen LogP contribution is -2.46. The van der Waals surface area contributed by atoms with Gasteiger partial charge in [0.2, 0.25) is 11.9 Å². The zero-order valence-corrected chi connectivity index (χ0v) is 18.5. The summed E-state index contributed by atoms with van der Waals surface area (Å²) in [6.45, 7) is 3.65. The largest absolute Gasteiger partial charge is 0.365 e. The molecule has 1 fully saturated rings. The third kappa shape index (κ3) is 3.54. The molecule has 1 atom stereocenters. The van der Waals surface area contributed by atoms with Crippen LogP contribution >= 0.6 is 0 Å². The van der Waals surface area contributed by atoms with Crippen LogP contribution in [0.25, 0.3) is 5.52 Å². The van der Waals surface area contributed by atoms with E-state index in [0.717, 1.165) is 0 Å². The van der Waals surface area contributed by atoms with Gasteiger partial charge in [-0.05, 0) is 19.1 Å². The Morgan fingerprint density at radius 3 is 2.59 bits per heavy atom. The molecule has 2 aliphatic heterocycles. The summed E-state index contributed by atoms with van der Waals surface area (Å²) in [7, 11) is 1.44. The van der Waals surface area contributed by atoms with E-state index in [-0.39, 0.29) is 40.4 Å². The summed E-state index contributed by atoms with van der Waals surface area (Å²) in [5, 5.41) is 4.94. The monoisotopic (exact) mass is 473 g/mol. The number of pyridine rings is 2. The molecule has 2 aliphatic rings. The summed E-state index contributed by atoms with van der Waals surface area (Å²) >= 11 is 0. The van der Waals surface area contributed by atoms with Crippen LogP contribution in [-0.2, 0) is 11.3 Å². The van der Waals surface area contributed by atoms with Crippen LogP contribution in [0.2, 0.25) is 0 Å². The summed E-state index contributed by atoms with van der Waals surface area (Å²) in [5.74, 6) is -2.93. The number of amides is 2. The van der Waals surface area contributed by atoms with E-state index < -0.39 is 35.6 Å². The first-order valence-electron chi connectivity index (χ1n) is 10.8. The number of nitrogens with zero attached hydrogens (tertiary/aromatic N) is 5. The second-order valence-corrected chi connectivity index (χ2v) is 8.39. The van der Waals surface area contributed by atoms with Crippen molar-refractivity contribution in [3.05, 3.63) is 53.1 Å². The van der Waals surface area contributed by atoms with Crippen molar-refractivity contribution in [2.75, 3.05) is 43.4 Å². The molecular weight excluding hydrogens is 451 g/mol. The van der Waals surface area contributed by atoms with Crippen molar-refractivity contribution < 1.29 is 22.8 Å². The molecule has 1 saturated heterocycles. The van der Waals surface area contributed by atoms with Crippen molar-refractivity contribution in [3.63, 3.8) is 0 Å². The predicted molar refractivity (Wildman–Crippen MR) is 117 cm³/mol. The van der Waals surface area contributed by atoms with Gasteiger partial charge in [0.15, 0.2) is 5.82 Å². The molecule has 12 heteroatoms. The maximum absolute atomic E-state index is 15.3. The second-order valence-electron chi connectivity index (χ2n) is 8.39. The number of halogens is 3. The highest BCUT2D eigenvalue weighted by molar-refractivity contribution is 6.04. The van der Waals surface area contributed by atoms with Gasteiger partial charge in [-0.25, -0.2) is 14.4 Å². The van der Waals surface area contributed by atoms with Crippen LogP contribution in [0.4, 0.5) is 24.5 Å². The topological polar surface area (TPSA) is 94.9 Å². The summed E-state index contributed by atoms with van der Waals surface area (Å²) < 4.78 is 45.4. The van der Waals surface area contributed by atoms with Gasteiger partial charge in [0.05, 0.1) is 22.8 Å². The Kier molecular flexibility index (Phi) is 5.39. The molecule has 178 valence electrons. The van der Waals surface area contributed by atoms with Gasteiger partial charge in [0, 0.05) is 51.5 Å². The number of hydrogen-bond donors (Lipinski definition) is 2. The first kappa shape index (κ1) is 22.1. The Morgan fingerprint density at radius 1 is 1.18 bits per heavy atom. The van der Waals surface area contributed by atoms with E-state index in [0.29, 0.717) is 26.2 Å². The number of imidazole rings is 1. The molecule has 9 nitrogen and oxygen atoms in total. The smallest absolute Gasteiger partial charge is 0.294 e. The minimum atomic E-state index is -0.802. The van der Waals surface area contributed by atoms with Crippen molar-refractivity contribution >= 4 is 28.7 Å². The summed E-state index contributed by atoms with van der Waals surface area (Å²) in [6.07, 6.45) is 0.571. The van der Waals surface area contributed by atoms with Crippen molar-refractivity contribution in [2.45, 2.75) is 19.4 Å². The summed E-state index contributed by atoms with van der Waals surface area (Å²) in [5.41, 5.74) is 0.890. The second kappa shape index (κ2) is 8.28. The first-order chi connectivity index (χ1) is 16.3. The van der Waals surface area contributed by atoms with Crippen LogP contribution in [-0.4, -0.2) is 64.3 Å². The zero-order chi connectivity index (χ0) is 24.1. The predicted octanol–water partition coefficient (Wildman–Crippen LogP) is 1.88. The fourth-order valence-electron chi connectivity index (χ4n) is 4.45. The lowest BCUT2D eigenvalue weighted by molar-refractivity contribution is -0.117. The van der Waals surface area contributed by atoms with Gasteiger partial charge in [0.25, 0.3) is 12.0 Å². The van der Waals surface area contributed by atoms with E-state index in [1.54, 1.807) is 11.8 Å². The summed E-state index contributed by atoms with van der Waals surface area (Å²) in [4.78, 5) is 35.2. The minimum Gasteiger partial charge on any atom is -0.365 e. The molecule has 2 N–H and O–H groups in total. The van der Waals surface area contributed by atoms with Gasteiger partial charge in [-0.15, -0.1) is 0 Å². The normalized spacial score (nSPS) is 18.3. The number of hydrogen-bond acceptors (Lipinski definition) is 6. The maximum atomic E-state index is 15.3. The molecule has 34 heavy (non-hydrogen) atoms. The minimum absolute atomic E-state index is 0.00593. The number of nitrogens with one attached hydrogen (secondary N) is 2.